The van der Waals surface area contributed by atoms with Gasteiger partial charge in [0.25, 0.3) is 0 Å². The number of piperazine rings is 1. The zero-order chi connectivity index (χ0) is 17.1. The fraction of sp³-hybridized carbons (Fsp3) is 0.588. The molecule has 1 amide bonds. The number of rotatable bonds is 5. The average Bonchev–Trinajstić information content (AvgIpc) is 3.42. The third-order valence-corrected chi connectivity index (χ3v) is 4.85. The van der Waals surface area contributed by atoms with Crippen molar-refractivity contribution in [3.8, 4) is 11.6 Å². The quantitative estimate of drug-likeness (QED) is 0.804. The Morgan fingerprint density at radius 2 is 2.16 bits per heavy atom. The molecule has 2 aliphatic heterocycles. The van der Waals surface area contributed by atoms with E-state index < -0.39 is 0 Å². The number of hydrogen-bond donors (Lipinski definition) is 0. The molecule has 2 saturated heterocycles. The van der Waals surface area contributed by atoms with Crippen LogP contribution >= 0.6 is 0 Å². The molecule has 8 heteroatoms. The summed E-state index contributed by atoms with van der Waals surface area (Å²) in [5, 5.41) is 3.88. The summed E-state index contributed by atoms with van der Waals surface area (Å²) >= 11 is 0. The van der Waals surface area contributed by atoms with Crippen LogP contribution in [0.2, 0.25) is 0 Å². The van der Waals surface area contributed by atoms with Gasteiger partial charge in [-0.25, -0.2) is 0 Å². The van der Waals surface area contributed by atoms with Gasteiger partial charge in [0, 0.05) is 51.7 Å². The van der Waals surface area contributed by atoms with Crippen molar-refractivity contribution in [1.82, 2.24) is 19.9 Å². The molecule has 4 heterocycles. The molecule has 0 spiro atoms. The molecule has 2 fully saturated rings. The van der Waals surface area contributed by atoms with E-state index in [9.17, 15) is 4.79 Å². The number of ether oxygens (including phenoxy) is 1. The standard InChI is InChI=1S/C17H22N4O4/c22-16(21-8-6-20(7-9-21)13-5-11-23-12-13)4-3-15-18-17(19-25-15)14-2-1-10-24-14/h1-2,10,13H,3-9,11-12H2. The first-order chi connectivity index (χ1) is 12.3. The van der Waals surface area contributed by atoms with Crippen LogP contribution in [0.3, 0.4) is 0 Å². The molecule has 0 bridgehead atoms. The highest BCUT2D eigenvalue weighted by Crippen LogP contribution is 2.17. The second-order valence-corrected chi connectivity index (χ2v) is 6.42. The van der Waals surface area contributed by atoms with E-state index >= 15 is 0 Å². The molecule has 0 radical (unpaired) electrons. The Bertz CT molecular complexity index is 685. The summed E-state index contributed by atoms with van der Waals surface area (Å²) in [5.74, 6) is 1.58. The lowest BCUT2D eigenvalue weighted by molar-refractivity contribution is -0.133. The molecule has 0 aromatic carbocycles. The van der Waals surface area contributed by atoms with Crippen LogP contribution in [0, 0.1) is 0 Å². The molecule has 8 nitrogen and oxygen atoms in total. The summed E-state index contributed by atoms with van der Waals surface area (Å²) < 4.78 is 15.9. The Labute approximate surface area is 145 Å². The van der Waals surface area contributed by atoms with Crippen molar-refractivity contribution in [1.29, 1.82) is 0 Å². The molecule has 2 aromatic rings. The molecule has 4 rings (SSSR count). The summed E-state index contributed by atoms with van der Waals surface area (Å²) in [4.78, 5) is 21.0. The van der Waals surface area contributed by atoms with E-state index in [0.29, 0.717) is 36.4 Å². The van der Waals surface area contributed by atoms with E-state index in [1.54, 1.807) is 18.4 Å². The Morgan fingerprint density at radius 3 is 2.88 bits per heavy atom. The zero-order valence-corrected chi connectivity index (χ0v) is 14.1. The minimum absolute atomic E-state index is 0.139. The number of hydrogen-bond acceptors (Lipinski definition) is 7. The number of furan rings is 1. The first kappa shape index (κ1) is 16.3. The average molecular weight is 346 g/mol. The van der Waals surface area contributed by atoms with Gasteiger partial charge in [0.05, 0.1) is 12.9 Å². The summed E-state index contributed by atoms with van der Waals surface area (Å²) in [7, 11) is 0. The molecular weight excluding hydrogens is 324 g/mol. The van der Waals surface area contributed by atoms with Crippen molar-refractivity contribution in [3.63, 3.8) is 0 Å². The topological polar surface area (TPSA) is 84.8 Å². The fourth-order valence-electron chi connectivity index (χ4n) is 3.38. The van der Waals surface area contributed by atoms with E-state index in [-0.39, 0.29) is 5.91 Å². The van der Waals surface area contributed by atoms with Crippen LogP contribution in [0.25, 0.3) is 11.6 Å². The van der Waals surface area contributed by atoms with Gasteiger partial charge >= 0.3 is 0 Å². The van der Waals surface area contributed by atoms with Gasteiger partial charge in [-0.15, -0.1) is 0 Å². The van der Waals surface area contributed by atoms with Crippen molar-refractivity contribution in [2.45, 2.75) is 25.3 Å². The molecule has 134 valence electrons. The van der Waals surface area contributed by atoms with E-state index in [1.165, 1.54) is 0 Å². The predicted octanol–water partition coefficient (Wildman–Crippen LogP) is 1.20. The van der Waals surface area contributed by atoms with Gasteiger partial charge in [0.15, 0.2) is 5.76 Å². The summed E-state index contributed by atoms with van der Waals surface area (Å²) in [5.41, 5.74) is 0. The lowest BCUT2D eigenvalue weighted by atomic mass is 10.1. The number of aromatic nitrogens is 2. The molecule has 25 heavy (non-hydrogen) atoms. The second kappa shape index (κ2) is 7.37. The van der Waals surface area contributed by atoms with Crippen LogP contribution in [-0.2, 0) is 16.0 Å². The van der Waals surface area contributed by atoms with Gasteiger partial charge < -0.3 is 18.6 Å². The molecule has 1 unspecified atom stereocenters. The SMILES string of the molecule is O=C(CCc1nc(-c2ccco2)no1)N1CCN(C2CCOC2)CC1. The van der Waals surface area contributed by atoms with Gasteiger partial charge in [-0.05, 0) is 18.6 Å². The first-order valence-corrected chi connectivity index (χ1v) is 8.75. The number of carbonyl (C=O) groups excluding carboxylic acids is 1. The normalized spacial score (nSPS) is 21.8. The second-order valence-electron chi connectivity index (χ2n) is 6.42. The minimum atomic E-state index is 0.139. The highest BCUT2D eigenvalue weighted by atomic mass is 16.5. The van der Waals surface area contributed by atoms with Crippen molar-refractivity contribution in [2.75, 3.05) is 39.4 Å². The summed E-state index contributed by atoms with van der Waals surface area (Å²) in [6.45, 7) is 5.07. The van der Waals surface area contributed by atoms with E-state index in [0.717, 1.165) is 45.8 Å². The van der Waals surface area contributed by atoms with Crippen LogP contribution in [0.1, 0.15) is 18.7 Å². The number of nitrogens with zero attached hydrogens (tertiary/aromatic N) is 4. The van der Waals surface area contributed by atoms with Crippen molar-refractivity contribution in [2.24, 2.45) is 0 Å². The maximum Gasteiger partial charge on any atom is 0.238 e. The van der Waals surface area contributed by atoms with Crippen LogP contribution in [0.4, 0.5) is 0 Å². The van der Waals surface area contributed by atoms with Gasteiger partial charge in [-0.1, -0.05) is 5.16 Å². The van der Waals surface area contributed by atoms with E-state index in [1.807, 2.05) is 4.90 Å². The molecular formula is C17H22N4O4. The van der Waals surface area contributed by atoms with E-state index in [4.69, 9.17) is 13.7 Å². The highest BCUT2D eigenvalue weighted by Gasteiger charge is 2.28. The third kappa shape index (κ3) is 3.74. The maximum atomic E-state index is 12.4. The Morgan fingerprint density at radius 1 is 1.28 bits per heavy atom. The predicted molar refractivity (Wildman–Crippen MR) is 87.7 cm³/mol. The number of aryl methyl sites for hydroxylation is 1. The summed E-state index contributed by atoms with van der Waals surface area (Å²) in [6, 6.07) is 4.07. The molecule has 0 saturated carbocycles. The lowest BCUT2D eigenvalue weighted by Gasteiger charge is -2.37. The molecule has 2 aliphatic rings. The van der Waals surface area contributed by atoms with Crippen molar-refractivity contribution >= 4 is 5.91 Å². The first-order valence-electron chi connectivity index (χ1n) is 8.75. The van der Waals surface area contributed by atoms with Crippen LogP contribution < -0.4 is 0 Å². The monoisotopic (exact) mass is 346 g/mol. The smallest absolute Gasteiger partial charge is 0.238 e. The molecule has 1 atom stereocenters. The van der Waals surface area contributed by atoms with Gasteiger partial charge in [-0.2, -0.15) is 4.98 Å². The molecule has 0 aliphatic carbocycles. The summed E-state index contributed by atoms with van der Waals surface area (Å²) in [6.07, 6.45) is 3.49. The van der Waals surface area contributed by atoms with Gasteiger partial charge in [0.2, 0.25) is 17.6 Å². The van der Waals surface area contributed by atoms with E-state index in [2.05, 4.69) is 15.0 Å². The zero-order valence-electron chi connectivity index (χ0n) is 14.1. The Kier molecular flexibility index (Phi) is 4.80. The lowest BCUT2D eigenvalue weighted by Crippen LogP contribution is -2.52. The van der Waals surface area contributed by atoms with Gasteiger partial charge in [0.1, 0.15) is 0 Å². The Hall–Kier alpha value is -2.19. The third-order valence-electron chi connectivity index (χ3n) is 4.85. The maximum absolute atomic E-state index is 12.4. The van der Waals surface area contributed by atoms with Crippen molar-refractivity contribution in [3.05, 3.63) is 24.3 Å². The number of amides is 1. The molecule has 0 N–H and O–H groups in total. The van der Waals surface area contributed by atoms with Gasteiger partial charge in [-0.3, -0.25) is 9.69 Å². The fourth-order valence-corrected chi connectivity index (χ4v) is 3.38. The van der Waals surface area contributed by atoms with Crippen LogP contribution in [0.15, 0.2) is 27.3 Å². The highest BCUT2D eigenvalue weighted by molar-refractivity contribution is 5.76. The Balaban J connectivity index is 1.24. The molecule has 2 aromatic heterocycles. The van der Waals surface area contributed by atoms with Crippen molar-refractivity contribution < 1.29 is 18.5 Å². The minimum Gasteiger partial charge on any atom is -0.461 e. The van der Waals surface area contributed by atoms with Crippen LogP contribution in [0.5, 0.6) is 0 Å². The number of carbonyl (C=O) groups is 1. The largest absolute Gasteiger partial charge is 0.461 e. The van der Waals surface area contributed by atoms with Crippen LogP contribution in [-0.4, -0.2) is 71.3 Å².